The zero-order valence-corrected chi connectivity index (χ0v) is 12.2. The average molecular weight is 359 g/mol. The van der Waals surface area contributed by atoms with Crippen LogP contribution in [0.4, 0.5) is 0 Å². The zero-order chi connectivity index (χ0) is 13.3. The molecule has 0 spiro atoms. The number of rotatable bonds is 2. The molecule has 1 aliphatic heterocycles. The van der Waals surface area contributed by atoms with Crippen LogP contribution in [0.25, 0.3) is 0 Å². The number of carboxylic acids is 1. The first-order valence-electron chi connectivity index (χ1n) is 5.81. The topological polar surface area (TPSA) is 57.6 Å². The van der Waals surface area contributed by atoms with Crippen LogP contribution in [0.2, 0.25) is 0 Å². The highest BCUT2D eigenvalue weighted by molar-refractivity contribution is 14.1. The summed E-state index contributed by atoms with van der Waals surface area (Å²) in [7, 11) is 0. The molecule has 1 atom stereocenters. The lowest BCUT2D eigenvalue weighted by molar-refractivity contribution is -0.141. The summed E-state index contributed by atoms with van der Waals surface area (Å²) < 4.78 is 1.02. The molecule has 5 heteroatoms. The van der Waals surface area contributed by atoms with E-state index in [1.54, 1.807) is 6.07 Å². The maximum absolute atomic E-state index is 12.4. The second kappa shape index (κ2) is 5.26. The van der Waals surface area contributed by atoms with Gasteiger partial charge in [0.05, 0.1) is 0 Å². The monoisotopic (exact) mass is 359 g/mol. The van der Waals surface area contributed by atoms with E-state index in [0.29, 0.717) is 18.5 Å². The summed E-state index contributed by atoms with van der Waals surface area (Å²) in [6.07, 6.45) is 1.30. The third kappa shape index (κ3) is 2.36. The molecule has 1 saturated heterocycles. The quantitative estimate of drug-likeness (QED) is 0.825. The van der Waals surface area contributed by atoms with E-state index in [0.717, 1.165) is 15.6 Å². The first-order chi connectivity index (χ1) is 8.52. The second-order valence-corrected chi connectivity index (χ2v) is 5.57. The van der Waals surface area contributed by atoms with Crippen LogP contribution in [0.5, 0.6) is 0 Å². The van der Waals surface area contributed by atoms with E-state index in [9.17, 15) is 9.59 Å². The third-order valence-corrected chi connectivity index (χ3v) is 4.47. The standard InChI is InChI=1S/C13H14INO3/c1-8-9(4-2-5-10(8)14)12(16)15-7-3-6-11(15)13(17)18/h2,4-5,11H,3,6-7H2,1H3,(H,17,18). The lowest BCUT2D eigenvalue weighted by Gasteiger charge is -2.22. The number of aliphatic carboxylic acids is 1. The summed E-state index contributed by atoms with van der Waals surface area (Å²) in [6.45, 7) is 2.42. The number of hydrogen-bond donors (Lipinski definition) is 1. The van der Waals surface area contributed by atoms with Gasteiger partial charge in [-0.05, 0) is 60.1 Å². The average Bonchev–Trinajstić information content (AvgIpc) is 2.81. The number of halogens is 1. The Bertz CT molecular complexity index is 501. The Morgan fingerprint density at radius 1 is 1.44 bits per heavy atom. The Morgan fingerprint density at radius 3 is 2.83 bits per heavy atom. The Morgan fingerprint density at radius 2 is 2.17 bits per heavy atom. The number of amides is 1. The lowest BCUT2D eigenvalue weighted by atomic mass is 10.1. The highest BCUT2D eigenvalue weighted by Gasteiger charge is 2.34. The number of carbonyl (C=O) groups excluding carboxylic acids is 1. The first kappa shape index (κ1) is 13.3. The molecule has 18 heavy (non-hydrogen) atoms. The molecule has 1 heterocycles. The molecule has 0 bridgehead atoms. The molecule has 1 fully saturated rings. The van der Waals surface area contributed by atoms with Crippen molar-refractivity contribution < 1.29 is 14.7 Å². The van der Waals surface area contributed by atoms with Crippen molar-refractivity contribution in [2.24, 2.45) is 0 Å². The molecule has 1 N–H and O–H groups in total. The molecule has 2 rings (SSSR count). The van der Waals surface area contributed by atoms with Gasteiger partial charge in [0.25, 0.3) is 5.91 Å². The van der Waals surface area contributed by atoms with Gasteiger partial charge in [-0.15, -0.1) is 0 Å². The number of carbonyl (C=O) groups is 2. The van der Waals surface area contributed by atoms with Crippen molar-refractivity contribution in [1.82, 2.24) is 4.90 Å². The molecule has 0 aromatic heterocycles. The molecule has 4 nitrogen and oxygen atoms in total. The Balaban J connectivity index is 2.31. The number of hydrogen-bond acceptors (Lipinski definition) is 2. The van der Waals surface area contributed by atoms with E-state index in [4.69, 9.17) is 5.11 Å². The highest BCUT2D eigenvalue weighted by atomic mass is 127. The minimum atomic E-state index is -0.913. The van der Waals surface area contributed by atoms with Gasteiger partial charge < -0.3 is 10.0 Å². The van der Waals surface area contributed by atoms with Crippen molar-refractivity contribution in [2.75, 3.05) is 6.54 Å². The summed E-state index contributed by atoms with van der Waals surface area (Å²) in [5.41, 5.74) is 1.52. The van der Waals surface area contributed by atoms with Gasteiger partial charge >= 0.3 is 5.97 Å². The minimum absolute atomic E-state index is 0.170. The number of likely N-dealkylation sites (tertiary alicyclic amines) is 1. The number of carboxylic acid groups (broad SMARTS) is 1. The Labute approximate surface area is 119 Å². The summed E-state index contributed by atoms with van der Waals surface area (Å²) in [5, 5.41) is 9.11. The molecular formula is C13H14INO3. The second-order valence-electron chi connectivity index (χ2n) is 4.41. The van der Waals surface area contributed by atoms with Crippen molar-refractivity contribution in [2.45, 2.75) is 25.8 Å². The van der Waals surface area contributed by atoms with Crippen molar-refractivity contribution in [3.63, 3.8) is 0 Å². The van der Waals surface area contributed by atoms with E-state index >= 15 is 0 Å². The first-order valence-corrected chi connectivity index (χ1v) is 6.89. The number of nitrogens with zero attached hydrogens (tertiary/aromatic N) is 1. The third-order valence-electron chi connectivity index (χ3n) is 3.30. The maximum atomic E-state index is 12.4. The minimum Gasteiger partial charge on any atom is -0.480 e. The summed E-state index contributed by atoms with van der Waals surface area (Å²) >= 11 is 2.18. The Kier molecular flexibility index (Phi) is 3.89. The zero-order valence-electron chi connectivity index (χ0n) is 10.0. The largest absolute Gasteiger partial charge is 0.480 e. The van der Waals surface area contributed by atoms with Crippen molar-refractivity contribution in [1.29, 1.82) is 0 Å². The van der Waals surface area contributed by atoms with Gasteiger partial charge in [0.2, 0.25) is 0 Å². The molecule has 96 valence electrons. The molecule has 1 aromatic rings. The van der Waals surface area contributed by atoms with Gasteiger partial charge in [-0.2, -0.15) is 0 Å². The molecular weight excluding hydrogens is 345 g/mol. The molecule has 0 aliphatic carbocycles. The van der Waals surface area contributed by atoms with Crippen molar-refractivity contribution in [3.8, 4) is 0 Å². The molecule has 1 amide bonds. The normalized spacial score (nSPS) is 19.0. The van der Waals surface area contributed by atoms with Gasteiger partial charge in [0.1, 0.15) is 6.04 Å². The molecule has 0 saturated carbocycles. The van der Waals surface area contributed by atoms with E-state index in [1.807, 2.05) is 19.1 Å². The van der Waals surface area contributed by atoms with Crippen molar-refractivity contribution in [3.05, 3.63) is 32.9 Å². The van der Waals surface area contributed by atoms with E-state index in [2.05, 4.69) is 22.6 Å². The van der Waals surface area contributed by atoms with Gasteiger partial charge in [-0.25, -0.2) is 4.79 Å². The molecule has 1 aliphatic rings. The predicted octanol–water partition coefficient (Wildman–Crippen LogP) is 2.29. The predicted molar refractivity (Wildman–Crippen MR) is 75.6 cm³/mol. The fourth-order valence-electron chi connectivity index (χ4n) is 2.26. The summed E-state index contributed by atoms with van der Waals surface area (Å²) in [6, 6.07) is 4.85. The lowest BCUT2D eigenvalue weighted by Crippen LogP contribution is -2.40. The van der Waals surface area contributed by atoms with E-state index in [1.165, 1.54) is 4.90 Å². The fraction of sp³-hybridized carbons (Fsp3) is 0.385. The van der Waals surface area contributed by atoms with Gasteiger partial charge in [-0.1, -0.05) is 6.07 Å². The summed E-state index contributed by atoms with van der Waals surface area (Å²) in [4.78, 5) is 25.0. The van der Waals surface area contributed by atoms with Gasteiger partial charge in [0.15, 0.2) is 0 Å². The van der Waals surface area contributed by atoms with Crippen LogP contribution in [0, 0.1) is 10.5 Å². The van der Waals surface area contributed by atoms with Gasteiger partial charge in [-0.3, -0.25) is 4.79 Å². The van der Waals surface area contributed by atoms with Crippen LogP contribution < -0.4 is 0 Å². The molecule has 1 unspecified atom stereocenters. The van der Waals surface area contributed by atoms with Crippen molar-refractivity contribution >= 4 is 34.5 Å². The van der Waals surface area contributed by atoms with Crippen LogP contribution >= 0.6 is 22.6 Å². The summed E-state index contributed by atoms with van der Waals surface area (Å²) in [5.74, 6) is -1.08. The van der Waals surface area contributed by atoms with Crippen LogP contribution in [0.15, 0.2) is 18.2 Å². The molecule has 0 radical (unpaired) electrons. The highest BCUT2D eigenvalue weighted by Crippen LogP contribution is 2.23. The Hall–Kier alpha value is -1.11. The fourth-order valence-corrected chi connectivity index (χ4v) is 2.76. The van der Waals surface area contributed by atoms with Crippen LogP contribution in [-0.2, 0) is 4.79 Å². The maximum Gasteiger partial charge on any atom is 0.326 e. The smallest absolute Gasteiger partial charge is 0.326 e. The van der Waals surface area contributed by atoms with Crippen LogP contribution in [0.3, 0.4) is 0 Å². The van der Waals surface area contributed by atoms with E-state index in [-0.39, 0.29) is 5.91 Å². The van der Waals surface area contributed by atoms with Crippen LogP contribution in [0.1, 0.15) is 28.8 Å². The van der Waals surface area contributed by atoms with Crippen LogP contribution in [-0.4, -0.2) is 34.5 Å². The van der Waals surface area contributed by atoms with Gasteiger partial charge in [0, 0.05) is 15.7 Å². The molecule has 1 aromatic carbocycles. The van der Waals surface area contributed by atoms with E-state index < -0.39 is 12.0 Å². The number of benzene rings is 1. The SMILES string of the molecule is Cc1c(I)cccc1C(=O)N1CCCC1C(=O)O.